The molecule has 0 radical (unpaired) electrons. The van der Waals surface area contributed by atoms with Gasteiger partial charge < -0.3 is 5.32 Å². The minimum Gasteiger partial charge on any atom is -0.351 e. The van der Waals surface area contributed by atoms with Gasteiger partial charge in [0.15, 0.2) is 11.6 Å². The largest absolute Gasteiger partial charge is 0.360 e. The van der Waals surface area contributed by atoms with Gasteiger partial charge in [0.2, 0.25) is 0 Å². The Morgan fingerprint density at radius 3 is 2.65 bits per heavy atom. The summed E-state index contributed by atoms with van der Waals surface area (Å²) in [6.45, 7) is 0.0803. The Labute approximate surface area is 134 Å². The third-order valence-electron chi connectivity index (χ3n) is 3.19. The van der Waals surface area contributed by atoms with Crippen molar-refractivity contribution in [3.05, 3.63) is 52.0 Å². The predicted molar refractivity (Wildman–Crippen MR) is 78.3 cm³/mol. The van der Waals surface area contributed by atoms with Gasteiger partial charge in [-0.05, 0) is 37.0 Å². The van der Waals surface area contributed by atoms with Crippen LogP contribution < -0.4 is 5.32 Å². The minimum atomic E-state index is -3.60. The smallest absolute Gasteiger partial charge is 0.351 e. The lowest BCUT2D eigenvalue weighted by Crippen LogP contribution is -2.38. The van der Waals surface area contributed by atoms with E-state index < -0.39 is 28.3 Å². The van der Waals surface area contributed by atoms with Crippen LogP contribution in [0.15, 0.2) is 29.9 Å². The van der Waals surface area contributed by atoms with Gasteiger partial charge in [-0.25, -0.2) is 8.78 Å². The highest BCUT2D eigenvalue weighted by molar-refractivity contribution is 7.09. The van der Waals surface area contributed by atoms with Gasteiger partial charge in [0.25, 0.3) is 5.91 Å². The molecule has 0 aliphatic carbocycles. The number of nitrogens with one attached hydrogen (secondary N) is 1. The Morgan fingerprint density at radius 1 is 1.22 bits per heavy atom. The molecule has 0 saturated carbocycles. The van der Waals surface area contributed by atoms with E-state index in [0.717, 1.165) is 18.3 Å². The monoisotopic (exact) mass is 346 g/mol. The molecule has 0 aliphatic heterocycles. The van der Waals surface area contributed by atoms with Gasteiger partial charge in [-0.15, -0.1) is 11.3 Å². The van der Waals surface area contributed by atoms with Crippen molar-refractivity contribution >= 4 is 17.2 Å². The fourth-order valence-electron chi connectivity index (χ4n) is 1.94. The lowest BCUT2D eigenvalue weighted by Gasteiger charge is -2.13. The maximum Gasteiger partial charge on any atom is 0.360 e. The first-order valence-electron chi connectivity index (χ1n) is 6.90. The number of aromatic nitrogens is 1. The van der Waals surface area contributed by atoms with E-state index in [4.69, 9.17) is 0 Å². The van der Waals surface area contributed by atoms with Crippen molar-refractivity contribution in [1.29, 1.82) is 0 Å². The summed E-state index contributed by atoms with van der Waals surface area (Å²) in [5, 5.41) is 2.17. The van der Waals surface area contributed by atoms with E-state index in [9.17, 15) is 22.4 Å². The molecule has 0 aliphatic rings. The molecule has 1 aromatic heterocycles. The molecule has 0 atom stereocenters. The molecule has 0 saturated heterocycles. The molecule has 1 amide bonds. The van der Waals surface area contributed by atoms with Crippen LogP contribution in [-0.2, 0) is 17.1 Å². The van der Waals surface area contributed by atoms with Crippen molar-refractivity contribution in [2.45, 2.75) is 25.2 Å². The van der Waals surface area contributed by atoms with Gasteiger partial charge in [-0.1, -0.05) is 6.07 Å². The highest BCUT2D eigenvalue weighted by atomic mass is 32.1. The number of alkyl halides is 2. The van der Waals surface area contributed by atoms with Crippen LogP contribution in [0.1, 0.15) is 23.3 Å². The zero-order valence-electron chi connectivity index (χ0n) is 12.0. The number of hydrogen-bond donors (Lipinski definition) is 1. The molecule has 2 rings (SSSR count). The van der Waals surface area contributed by atoms with Crippen LogP contribution in [0.25, 0.3) is 0 Å². The van der Waals surface area contributed by atoms with Gasteiger partial charge >= 0.3 is 5.92 Å². The Hall–Kier alpha value is -1.96. The fraction of sp³-hybridized carbons (Fsp3) is 0.333. The summed E-state index contributed by atoms with van der Waals surface area (Å²) >= 11 is 0.714. The highest BCUT2D eigenvalue weighted by Crippen LogP contribution is 2.30. The molecule has 2 aromatic rings. The number of hydrogen-bond acceptors (Lipinski definition) is 3. The Kier molecular flexibility index (Phi) is 5.70. The molecule has 124 valence electrons. The van der Waals surface area contributed by atoms with E-state index in [2.05, 4.69) is 10.3 Å². The second-order valence-electron chi connectivity index (χ2n) is 4.90. The van der Waals surface area contributed by atoms with E-state index in [1.54, 1.807) is 0 Å². The van der Waals surface area contributed by atoms with Crippen molar-refractivity contribution in [2.75, 3.05) is 6.54 Å². The first-order valence-corrected chi connectivity index (χ1v) is 7.78. The van der Waals surface area contributed by atoms with Gasteiger partial charge in [0, 0.05) is 12.7 Å². The summed E-state index contributed by atoms with van der Waals surface area (Å²) in [6.07, 6.45) is 2.44. The van der Waals surface area contributed by atoms with E-state index in [0.29, 0.717) is 36.2 Å². The summed E-state index contributed by atoms with van der Waals surface area (Å²) < 4.78 is 53.2. The number of benzene rings is 1. The van der Waals surface area contributed by atoms with E-state index in [-0.39, 0.29) is 6.54 Å². The van der Waals surface area contributed by atoms with Crippen molar-refractivity contribution in [2.24, 2.45) is 0 Å². The number of nitrogens with zero attached hydrogens (tertiary/aromatic N) is 1. The van der Waals surface area contributed by atoms with Crippen LogP contribution in [-0.4, -0.2) is 17.4 Å². The maximum absolute atomic E-state index is 13.7. The molecule has 23 heavy (non-hydrogen) atoms. The predicted octanol–water partition coefficient (Wildman–Crippen LogP) is 3.65. The number of carbonyl (C=O) groups excluding carboxylic acids is 1. The van der Waals surface area contributed by atoms with Crippen molar-refractivity contribution in [3.8, 4) is 0 Å². The van der Waals surface area contributed by atoms with Crippen molar-refractivity contribution in [3.63, 3.8) is 0 Å². The third kappa shape index (κ3) is 4.51. The molecule has 0 fully saturated rings. The van der Waals surface area contributed by atoms with Gasteiger partial charge in [0.05, 0.1) is 5.51 Å². The second-order valence-corrected chi connectivity index (χ2v) is 5.79. The van der Waals surface area contributed by atoms with Crippen LogP contribution in [0.3, 0.4) is 0 Å². The molecule has 3 nitrogen and oxygen atoms in total. The van der Waals surface area contributed by atoms with Crippen LogP contribution in [0.2, 0.25) is 0 Å². The van der Waals surface area contributed by atoms with Gasteiger partial charge in [-0.3, -0.25) is 9.78 Å². The van der Waals surface area contributed by atoms with Crippen LogP contribution in [0.4, 0.5) is 17.6 Å². The summed E-state index contributed by atoms with van der Waals surface area (Å²) in [5.41, 5.74) is 1.85. The summed E-state index contributed by atoms with van der Waals surface area (Å²) in [4.78, 5) is 14.6. The van der Waals surface area contributed by atoms with Crippen molar-refractivity contribution in [1.82, 2.24) is 10.3 Å². The molecule has 0 unspecified atom stereocenters. The summed E-state index contributed by atoms with van der Waals surface area (Å²) in [6, 6.07) is 3.61. The SMILES string of the molecule is O=C(NCCCCc1ccc(F)c(F)c1)C(F)(F)c1cncs1. The normalized spacial score (nSPS) is 11.5. The number of thiazole rings is 1. The Balaban J connectivity index is 1.73. The van der Waals surface area contributed by atoms with Gasteiger partial charge in [-0.2, -0.15) is 8.78 Å². The average Bonchev–Trinajstić information content (AvgIpc) is 3.05. The molecule has 0 spiro atoms. The van der Waals surface area contributed by atoms with E-state index in [1.807, 2.05) is 0 Å². The Bertz CT molecular complexity index is 662. The minimum absolute atomic E-state index is 0.0803. The molecule has 1 heterocycles. The van der Waals surface area contributed by atoms with E-state index >= 15 is 0 Å². The number of halogens is 4. The fourth-order valence-corrected chi connectivity index (χ4v) is 2.54. The maximum atomic E-state index is 13.7. The number of unbranched alkanes of at least 4 members (excludes halogenated alkanes) is 1. The second kappa shape index (κ2) is 7.54. The van der Waals surface area contributed by atoms with Crippen LogP contribution in [0, 0.1) is 11.6 Å². The van der Waals surface area contributed by atoms with Crippen LogP contribution in [0.5, 0.6) is 0 Å². The van der Waals surface area contributed by atoms with Crippen LogP contribution >= 0.6 is 11.3 Å². The summed E-state index contributed by atoms with van der Waals surface area (Å²) in [5.74, 6) is -6.79. The van der Waals surface area contributed by atoms with E-state index in [1.165, 1.54) is 11.6 Å². The standard InChI is InChI=1S/C15H14F4N2OS/c16-11-5-4-10(7-12(11)17)3-1-2-6-21-14(22)15(18,19)13-8-20-9-23-13/h4-5,7-9H,1-3,6H2,(H,21,22). The third-order valence-corrected chi connectivity index (χ3v) is 4.03. The molecule has 8 heteroatoms. The lowest BCUT2D eigenvalue weighted by molar-refractivity contribution is -0.146. The molecule has 1 aromatic carbocycles. The first-order chi connectivity index (χ1) is 10.9. The number of aryl methyl sites for hydroxylation is 1. The lowest BCUT2D eigenvalue weighted by atomic mass is 10.1. The first kappa shape index (κ1) is 17.4. The Morgan fingerprint density at radius 2 is 2.00 bits per heavy atom. The van der Waals surface area contributed by atoms with Crippen molar-refractivity contribution < 1.29 is 22.4 Å². The zero-order valence-corrected chi connectivity index (χ0v) is 12.8. The average molecular weight is 346 g/mol. The number of rotatable bonds is 7. The highest BCUT2D eigenvalue weighted by Gasteiger charge is 2.42. The number of carbonyl (C=O) groups is 1. The molecule has 1 N–H and O–H groups in total. The molecular formula is C15H14F4N2OS. The quantitative estimate of drug-likeness (QED) is 0.614. The number of amides is 1. The topological polar surface area (TPSA) is 42.0 Å². The molecular weight excluding hydrogens is 332 g/mol. The summed E-state index contributed by atoms with van der Waals surface area (Å²) in [7, 11) is 0. The zero-order chi connectivity index (χ0) is 16.9. The molecule has 0 bridgehead atoms. The van der Waals surface area contributed by atoms with Gasteiger partial charge in [0.1, 0.15) is 4.88 Å².